The van der Waals surface area contributed by atoms with E-state index in [1.54, 1.807) is 0 Å². The number of nitrogens with one attached hydrogen (secondary N) is 1. The summed E-state index contributed by atoms with van der Waals surface area (Å²) < 4.78 is 29.8. The zero-order valence-electron chi connectivity index (χ0n) is 18.1. The second-order valence-corrected chi connectivity index (χ2v) is 8.75. The van der Waals surface area contributed by atoms with E-state index in [0.717, 1.165) is 36.6 Å². The number of rotatable bonds is 5. The maximum absolute atomic E-state index is 11.2. The summed E-state index contributed by atoms with van der Waals surface area (Å²) in [7, 11) is -1.82. The number of terminal acetylenes is 1. The van der Waals surface area contributed by atoms with Crippen molar-refractivity contribution < 1.29 is 13.7 Å². The van der Waals surface area contributed by atoms with Gasteiger partial charge in [0.1, 0.15) is 13.2 Å². The molecule has 7 nitrogen and oxygen atoms in total. The van der Waals surface area contributed by atoms with Crippen LogP contribution in [0.25, 0.3) is 11.4 Å². The molecule has 1 aromatic heterocycles. The third-order valence-electron chi connectivity index (χ3n) is 5.75. The number of hydrogen-bond donors (Lipinski definition) is 1. The molecule has 0 amide bonds. The van der Waals surface area contributed by atoms with Gasteiger partial charge in [-0.25, -0.2) is 9.97 Å². The van der Waals surface area contributed by atoms with E-state index in [1.165, 1.54) is 29.9 Å². The zero-order chi connectivity index (χ0) is 23.2. The van der Waals surface area contributed by atoms with Crippen LogP contribution in [0.4, 0.5) is 0 Å². The van der Waals surface area contributed by atoms with Crippen LogP contribution in [0.2, 0.25) is 0 Å². The summed E-state index contributed by atoms with van der Waals surface area (Å²) >= 11 is 0. The third kappa shape index (κ3) is 5.16. The lowest BCUT2D eigenvalue weighted by atomic mass is 10.0. The summed E-state index contributed by atoms with van der Waals surface area (Å²) in [4.78, 5) is 11.3. The molecule has 2 aliphatic heterocycles. The molecule has 1 fully saturated rings. The Bertz CT molecular complexity index is 1180. The zero-order valence-corrected chi connectivity index (χ0v) is 19.0. The first-order valence-corrected chi connectivity index (χ1v) is 11.8. The van der Waals surface area contributed by atoms with E-state index < -0.39 is 10.6 Å². The molecule has 0 aliphatic carbocycles. The molecule has 1 N–H and O–H groups in total. The van der Waals surface area contributed by atoms with Crippen molar-refractivity contribution in [2.45, 2.75) is 30.3 Å². The van der Waals surface area contributed by atoms with E-state index >= 15 is 0 Å². The van der Waals surface area contributed by atoms with Gasteiger partial charge in [-0.1, -0.05) is 35.2 Å². The number of nitrogens with zero attached hydrogens (tertiary/aromatic N) is 3. The van der Waals surface area contributed by atoms with Gasteiger partial charge in [0.25, 0.3) is 0 Å². The number of ether oxygens (including phenoxy) is 2. The molecular weight excluding hydrogens is 436 g/mol. The maximum Gasteiger partial charge on any atom is 0.161 e. The molecule has 0 bridgehead atoms. The van der Waals surface area contributed by atoms with E-state index in [-0.39, 0.29) is 0 Å². The largest absolute Gasteiger partial charge is 0.486 e. The number of fused-ring (bicyclic) bond motifs is 1. The van der Waals surface area contributed by atoms with Crippen LogP contribution in [0.3, 0.4) is 0 Å². The van der Waals surface area contributed by atoms with Gasteiger partial charge in [-0.15, -0.1) is 12.8 Å². The molecule has 2 aromatic carbocycles. The quantitative estimate of drug-likeness (QED) is 0.442. The molecule has 0 saturated carbocycles. The van der Waals surface area contributed by atoms with Crippen LogP contribution in [-0.4, -0.2) is 34.6 Å². The Kier molecular flexibility index (Phi) is 7.23. The number of hydrogen-bond acceptors (Lipinski definition) is 8. The van der Waals surface area contributed by atoms with Crippen molar-refractivity contribution in [2.75, 3.05) is 19.8 Å². The minimum atomic E-state index is -1.82. The minimum absolute atomic E-state index is 0.305. The summed E-state index contributed by atoms with van der Waals surface area (Å²) in [6.07, 6.45) is 13.2. The van der Waals surface area contributed by atoms with Crippen LogP contribution in [0.5, 0.6) is 11.5 Å². The Hall–Kier alpha value is -3.41. The molecule has 5 rings (SSSR count). The first-order chi connectivity index (χ1) is 16.2. The molecule has 1 saturated heterocycles. The van der Waals surface area contributed by atoms with Crippen LogP contribution in [0.15, 0.2) is 59.8 Å². The summed E-state index contributed by atoms with van der Waals surface area (Å²) in [5.74, 6) is 2.25. The molecule has 2 aliphatic rings. The number of benzene rings is 2. The lowest BCUT2D eigenvalue weighted by molar-refractivity contribution is 0.170. The van der Waals surface area contributed by atoms with Crippen molar-refractivity contribution in [3.63, 3.8) is 0 Å². The minimum Gasteiger partial charge on any atom is -0.486 e. The number of likely N-dealkylation sites (tertiary alicyclic amines) is 1. The Morgan fingerprint density at radius 3 is 2.42 bits per heavy atom. The Morgan fingerprint density at radius 1 is 1.03 bits per heavy atom. The van der Waals surface area contributed by atoms with Crippen LogP contribution in [0.1, 0.15) is 30.0 Å². The summed E-state index contributed by atoms with van der Waals surface area (Å²) in [5, 5.41) is 0. The SMILES string of the molecule is C#C.N=[S-](=O)c1cnc(-c2ccc(CN3CCC[C@@H]3c3ccc4c(c3)OCCO4)cc2)nc1. The first-order valence-electron chi connectivity index (χ1n) is 10.7. The van der Waals surface area contributed by atoms with E-state index in [4.69, 9.17) is 14.3 Å². The van der Waals surface area contributed by atoms with Gasteiger partial charge >= 0.3 is 0 Å². The van der Waals surface area contributed by atoms with Crippen molar-refractivity contribution in [3.05, 3.63) is 66.0 Å². The van der Waals surface area contributed by atoms with Crippen molar-refractivity contribution in [2.24, 2.45) is 0 Å². The smallest absolute Gasteiger partial charge is 0.161 e. The highest BCUT2D eigenvalue weighted by molar-refractivity contribution is 7.73. The lowest BCUT2D eigenvalue weighted by Crippen LogP contribution is -2.23. The Labute approximate surface area is 195 Å². The highest BCUT2D eigenvalue weighted by Gasteiger charge is 2.27. The topological polar surface area (TPSA) is 88.4 Å². The van der Waals surface area contributed by atoms with Gasteiger partial charge in [-0.2, -0.15) is 10.6 Å². The second kappa shape index (κ2) is 10.5. The third-order valence-corrected chi connectivity index (χ3v) is 6.39. The van der Waals surface area contributed by atoms with Gasteiger partial charge in [0.15, 0.2) is 17.3 Å². The highest BCUT2D eigenvalue weighted by atomic mass is 32.2. The van der Waals surface area contributed by atoms with E-state index in [0.29, 0.717) is 30.0 Å². The molecule has 0 radical (unpaired) electrons. The Balaban J connectivity index is 0.00000126. The van der Waals surface area contributed by atoms with Crippen molar-refractivity contribution >= 4 is 10.6 Å². The predicted molar refractivity (Wildman–Crippen MR) is 126 cm³/mol. The van der Waals surface area contributed by atoms with E-state index in [9.17, 15) is 4.21 Å². The van der Waals surface area contributed by atoms with Gasteiger partial charge in [0, 0.05) is 30.5 Å². The van der Waals surface area contributed by atoms with Crippen LogP contribution in [0, 0.1) is 17.6 Å². The van der Waals surface area contributed by atoms with E-state index in [2.05, 4.69) is 52.0 Å². The molecule has 3 aromatic rings. The molecule has 0 spiro atoms. The van der Waals surface area contributed by atoms with Gasteiger partial charge < -0.3 is 18.5 Å². The second-order valence-electron chi connectivity index (χ2n) is 7.74. The van der Waals surface area contributed by atoms with Gasteiger partial charge in [-0.05, 0) is 42.6 Å². The van der Waals surface area contributed by atoms with Crippen LogP contribution < -0.4 is 9.47 Å². The standard InChI is InChI=1S/C23H23N4O3S.C2H2/c24-31(28)19-13-25-23(26-14-19)17-5-3-16(4-6-17)15-27-9-1-2-20(27)18-7-8-21-22(12-18)30-11-10-29-21;1-2/h3-8,12-14,20,24H,1-2,9-11,15H2;1-2H/q-1;/t20-;/m1./s1. The van der Waals surface area contributed by atoms with E-state index in [1.807, 2.05) is 18.2 Å². The van der Waals surface area contributed by atoms with Crippen LogP contribution in [-0.2, 0) is 21.3 Å². The maximum atomic E-state index is 11.2. The molecule has 8 heteroatoms. The molecule has 33 heavy (non-hydrogen) atoms. The number of aromatic nitrogens is 2. The first kappa shape index (κ1) is 22.8. The van der Waals surface area contributed by atoms with Crippen molar-refractivity contribution in [1.29, 1.82) is 4.78 Å². The summed E-state index contributed by atoms with van der Waals surface area (Å²) in [5.41, 5.74) is 3.41. The monoisotopic (exact) mass is 461 g/mol. The van der Waals surface area contributed by atoms with Gasteiger partial charge in [-0.3, -0.25) is 4.90 Å². The average Bonchev–Trinajstić information content (AvgIpc) is 3.33. The summed E-state index contributed by atoms with van der Waals surface area (Å²) in [6.45, 7) is 3.15. The molecule has 170 valence electrons. The van der Waals surface area contributed by atoms with Crippen molar-refractivity contribution in [3.8, 4) is 35.7 Å². The fourth-order valence-corrected chi connectivity index (χ4v) is 4.51. The Morgan fingerprint density at radius 2 is 1.73 bits per heavy atom. The van der Waals surface area contributed by atoms with Crippen molar-refractivity contribution in [1.82, 2.24) is 14.9 Å². The fourth-order valence-electron chi connectivity index (χ4n) is 4.21. The fraction of sp³-hybridized carbons (Fsp3) is 0.280. The average molecular weight is 462 g/mol. The molecular formula is C25H25N4O3S-. The highest BCUT2D eigenvalue weighted by Crippen LogP contribution is 2.38. The summed E-state index contributed by atoms with van der Waals surface area (Å²) in [6, 6.07) is 14.9. The molecule has 3 heterocycles. The normalized spacial score (nSPS) is 17.4. The van der Waals surface area contributed by atoms with Crippen LogP contribution >= 0.6 is 0 Å². The predicted octanol–water partition coefficient (Wildman–Crippen LogP) is 4.59. The molecule has 1 atom stereocenters. The lowest BCUT2D eigenvalue weighted by Gasteiger charge is -2.26. The van der Waals surface area contributed by atoms with Gasteiger partial charge in [0.2, 0.25) is 0 Å². The molecule has 0 unspecified atom stereocenters. The van der Waals surface area contributed by atoms with Gasteiger partial charge in [0.05, 0.1) is 0 Å².